The fourth-order valence-corrected chi connectivity index (χ4v) is 1.51. The van der Waals surface area contributed by atoms with Crippen molar-refractivity contribution in [3.8, 4) is 0 Å². The first-order valence-electron chi connectivity index (χ1n) is 5.39. The highest BCUT2D eigenvalue weighted by atomic mass is 79.9. The van der Waals surface area contributed by atoms with Crippen LogP contribution in [-0.2, 0) is 11.3 Å². The van der Waals surface area contributed by atoms with Gasteiger partial charge in [-0.3, -0.25) is 4.68 Å². The molecule has 86 valence electrons. The monoisotopic (exact) mass is 274 g/mol. The van der Waals surface area contributed by atoms with Crippen LogP contribution in [0.25, 0.3) is 0 Å². The molecule has 0 aliphatic carbocycles. The van der Waals surface area contributed by atoms with Crippen LogP contribution < -0.4 is 0 Å². The van der Waals surface area contributed by atoms with Gasteiger partial charge in [0.05, 0.1) is 17.2 Å². The minimum atomic E-state index is 0.293. The average molecular weight is 275 g/mol. The Bertz CT molecular complexity index is 310. The fourth-order valence-electron chi connectivity index (χ4n) is 1.11. The van der Waals surface area contributed by atoms with Gasteiger partial charge in [0, 0.05) is 12.2 Å². The second-order valence-corrected chi connectivity index (χ2v) is 4.88. The van der Waals surface area contributed by atoms with Crippen molar-refractivity contribution in [3.05, 3.63) is 16.4 Å². The van der Waals surface area contributed by atoms with Crippen molar-refractivity contribution in [1.82, 2.24) is 9.78 Å². The summed E-state index contributed by atoms with van der Waals surface area (Å²) in [4.78, 5) is 0. The maximum Gasteiger partial charge on any atom is 0.102 e. The van der Waals surface area contributed by atoms with E-state index in [1.165, 1.54) is 0 Å². The van der Waals surface area contributed by atoms with Gasteiger partial charge in [-0.25, -0.2) is 0 Å². The SMILES string of the molecule is CC[C@H](C)OCc1nn(C(C)C)cc1Br. The number of hydrogen-bond donors (Lipinski definition) is 0. The zero-order valence-electron chi connectivity index (χ0n) is 9.83. The van der Waals surface area contributed by atoms with Gasteiger partial charge in [0.15, 0.2) is 0 Å². The maximum absolute atomic E-state index is 5.65. The first kappa shape index (κ1) is 12.7. The summed E-state index contributed by atoms with van der Waals surface area (Å²) in [5.74, 6) is 0. The molecule has 0 bridgehead atoms. The van der Waals surface area contributed by atoms with Crippen molar-refractivity contribution in [2.75, 3.05) is 0 Å². The molecular formula is C11H19BrN2O. The molecule has 1 rings (SSSR count). The van der Waals surface area contributed by atoms with E-state index >= 15 is 0 Å². The van der Waals surface area contributed by atoms with Gasteiger partial charge in [0.1, 0.15) is 5.69 Å². The molecule has 0 spiro atoms. The zero-order chi connectivity index (χ0) is 11.4. The van der Waals surface area contributed by atoms with Gasteiger partial charge in [0.2, 0.25) is 0 Å². The summed E-state index contributed by atoms with van der Waals surface area (Å²) < 4.78 is 8.62. The lowest BCUT2D eigenvalue weighted by atomic mass is 10.3. The van der Waals surface area contributed by atoms with Crippen LogP contribution in [0.15, 0.2) is 10.7 Å². The predicted molar refractivity (Wildman–Crippen MR) is 64.9 cm³/mol. The summed E-state index contributed by atoms with van der Waals surface area (Å²) in [6, 6.07) is 0.388. The van der Waals surface area contributed by atoms with Crippen LogP contribution in [0.4, 0.5) is 0 Å². The number of nitrogens with zero attached hydrogens (tertiary/aromatic N) is 2. The quantitative estimate of drug-likeness (QED) is 0.821. The lowest BCUT2D eigenvalue weighted by molar-refractivity contribution is 0.0482. The van der Waals surface area contributed by atoms with Crippen LogP contribution in [0, 0.1) is 0 Å². The maximum atomic E-state index is 5.65. The van der Waals surface area contributed by atoms with Crippen LogP contribution in [0.2, 0.25) is 0 Å². The highest BCUT2D eigenvalue weighted by Crippen LogP contribution is 2.19. The molecule has 0 amide bonds. The minimum Gasteiger partial charge on any atom is -0.372 e. The highest BCUT2D eigenvalue weighted by molar-refractivity contribution is 9.10. The Morgan fingerprint density at radius 1 is 1.47 bits per heavy atom. The largest absolute Gasteiger partial charge is 0.372 e. The standard InChI is InChI=1S/C11H19BrN2O/c1-5-9(4)15-7-11-10(12)6-14(13-11)8(2)3/h6,8-9H,5,7H2,1-4H3/t9-/m0/s1. The highest BCUT2D eigenvalue weighted by Gasteiger charge is 2.09. The van der Waals surface area contributed by atoms with Crippen LogP contribution in [0.1, 0.15) is 45.9 Å². The molecule has 0 radical (unpaired) electrons. The summed E-state index contributed by atoms with van der Waals surface area (Å²) in [6.45, 7) is 8.99. The lowest BCUT2D eigenvalue weighted by Gasteiger charge is -2.09. The van der Waals surface area contributed by atoms with Gasteiger partial charge in [-0.05, 0) is 43.1 Å². The van der Waals surface area contributed by atoms with E-state index in [0.29, 0.717) is 18.8 Å². The molecule has 1 aromatic rings. The average Bonchev–Trinajstić information content (AvgIpc) is 2.56. The zero-order valence-corrected chi connectivity index (χ0v) is 11.4. The summed E-state index contributed by atoms with van der Waals surface area (Å²) in [5.41, 5.74) is 0.976. The Hall–Kier alpha value is -0.350. The van der Waals surface area contributed by atoms with E-state index < -0.39 is 0 Å². The van der Waals surface area contributed by atoms with E-state index in [2.05, 4.69) is 48.7 Å². The third kappa shape index (κ3) is 3.61. The van der Waals surface area contributed by atoms with E-state index in [4.69, 9.17) is 4.74 Å². The topological polar surface area (TPSA) is 27.1 Å². The van der Waals surface area contributed by atoms with Gasteiger partial charge in [-0.15, -0.1) is 0 Å². The van der Waals surface area contributed by atoms with Gasteiger partial charge in [-0.2, -0.15) is 5.10 Å². The molecule has 3 nitrogen and oxygen atoms in total. The van der Waals surface area contributed by atoms with E-state index in [9.17, 15) is 0 Å². The number of aromatic nitrogens is 2. The molecule has 0 aliphatic heterocycles. The molecule has 15 heavy (non-hydrogen) atoms. The van der Waals surface area contributed by atoms with Crippen LogP contribution in [-0.4, -0.2) is 15.9 Å². The second-order valence-electron chi connectivity index (χ2n) is 4.03. The Morgan fingerprint density at radius 3 is 2.60 bits per heavy atom. The molecule has 0 aliphatic rings. The van der Waals surface area contributed by atoms with Crippen LogP contribution in [0.3, 0.4) is 0 Å². The van der Waals surface area contributed by atoms with E-state index in [0.717, 1.165) is 16.6 Å². The predicted octanol–water partition coefficient (Wildman–Crippen LogP) is 3.54. The number of ether oxygens (including phenoxy) is 1. The van der Waals surface area contributed by atoms with Gasteiger partial charge in [0.25, 0.3) is 0 Å². The van der Waals surface area contributed by atoms with E-state index in [1.807, 2.05) is 10.9 Å². The smallest absolute Gasteiger partial charge is 0.102 e. The molecule has 1 heterocycles. The Morgan fingerprint density at radius 2 is 2.13 bits per heavy atom. The molecule has 4 heteroatoms. The molecule has 0 N–H and O–H groups in total. The number of rotatable bonds is 5. The molecule has 1 aromatic heterocycles. The van der Waals surface area contributed by atoms with E-state index in [-0.39, 0.29) is 0 Å². The second kappa shape index (κ2) is 5.66. The summed E-state index contributed by atoms with van der Waals surface area (Å²) in [6.07, 6.45) is 3.32. The summed E-state index contributed by atoms with van der Waals surface area (Å²) >= 11 is 3.49. The van der Waals surface area contributed by atoms with Gasteiger partial charge in [-0.1, -0.05) is 6.92 Å². The van der Waals surface area contributed by atoms with Gasteiger partial charge >= 0.3 is 0 Å². The van der Waals surface area contributed by atoms with Crippen molar-refractivity contribution >= 4 is 15.9 Å². The first-order valence-corrected chi connectivity index (χ1v) is 6.19. The Kier molecular flexibility index (Phi) is 4.80. The van der Waals surface area contributed by atoms with Crippen molar-refractivity contribution < 1.29 is 4.74 Å². The van der Waals surface area contributed by atoms with Gasteiger partial charge < -0.3 is 4.74 Å². The minimum absolute atomic E-state index is 0.293. The van der Waals surface area contributed by atoms with Crippen molar-refractivity contribution in [3.63, 3.8) is 0 Å². The van der Waals surface area contributed by atoms with Crippen LogP contribution in [0.5, 0.6) is 0 Å². The molecule has 0 unspecified atom stereocenters. The lowest BCUT2D eigenvalue weighted by Crippen LogP contribution is -2.07. The fraction of sp³-hybridized carbons (Fsp3) is 0.727. The number of hydrogen-bond acceptors (Lipinski definition) is 2. The Balaban J connectivity index is 2.61. The Labute approximate surface area is 99.9 Å². The van der Waals surface area contributed by atoms with Crippen molar-refractivity contribution in [1.29, 1.82) is 0 Å². The molecular weight excluding hydrogens is 256 g/mol. The normalized spacial score (nSPS) is 13.5. The van der Waals surface area contributed by atoms with Crippen molar-refractivity contribution in [2.24, 2.45) is 0 Å². The van der Waals surface area contributed by atoms with E-state index in [1.54, 1.807) is 0 Å². The molecule has 0 saturated heterocycles. The molecule has 0 fully saturated rings. The summed E-state index contributed by atoms with van der Waals surface area (Å²) in [7, 11) is 0. The van der Waals surface area contributed by atoms with Crippen LogP contribution >= 0.6 is 15.9 Å². The molecule has 0 saturated carbocycles. The third-order valence-electron chi connectivity index (χ3n) is 2.37. The summed E-state index contributed by atoms with van der Waals surface area (Å²) in [5, 5.41) is 4.46. The molecule has 1 atom stereocenters. The number of halogens is 1. The third-order valence-corrected chi connectivity index (χ3v) is 3.03. The molecule has 0 aromatic carbocycles. The van der Waals surface area contributed by atoms with Crippen molar-refractivity contribution in [2.45, 2.75) is 52.9 Å². The first-order chi connectivity index (χ1) is 7.04.